The van der Waals surface area contributed by atoms with E-state index in [2.05, 4.69) is 0 Å². The van der Waals surface area contributed by atoms with Gasteiger partial charge in [0.15, 0.2) is 0 Å². The highest BCUT2D eigenvalue weighted by molar-refractivity contribution is 4.63. The average molecular weight is 131 g/mol. The Morgan fingerprint density at radius 1 is 1.56 bits per heavy atom. The fourth-order valence-electron chi connectivity index (χ4n) is 0.644. The van der Waals surface area contributed by atoms with Crippen LogP contribution in [0.25, 0.3) is 0 Å². The summed E-state index contributed by atoms with van der Waals surface area (Å²) in [6.45, 7) is 3.03. The molecule has 1 fully saturated rings. The average Bonchev–Trinajstić information content (AvgIpc) is 1.76. The minimum Gasteiger partial charge on any atom is -0.376 e. The maximum absolute atomic E-state index is 5.31. The van der Waals surface area contributed by atoms with Gasteiger partial charge in [0.1, 0.15) is 6.10 Å². The van der Waals surface area contributed by atoms with Gasteiger partial charge in [0.25, 0.3) is 0 Å². The molecule has 0 atom stereocenters. The Kier molecular flexibility index (Phi) is 2.97. The fourth-order valence-corrected chi connectivity index (χ4v) is 0.644. The molecule has 9 heavy (non-hydrogen) atoms. The standard InChI is InChI=1S/C6H13NO2/c7-2-1-3-9-6-4-8-5-6/h6H,1-5,7H2. The molecule has 1 aliphatic rings. The topological polar surface area (TPSA) is 44.5 Å². The van der Waals surface area contributed by atoms with Gasteiger partial charge in [-0.25, -0.2) is 0 Å². The van der Waals surface area contributed by atoms with E-state index >= 15 is 0 Å². The first-order valence-electron chi connectivity index (χ1n) is 3.33. The lowest BCUT2D eigenvalue weighted by Gasteiger charge is -2.25. The number of rotatable bonds is 4. The molecule has 54 valence electrons. The van der Waals surface area contributed by atoms with Crippen molar-refractivity contribution >= 4 is 0 Å². The van der Waals surface area contributed by atoms with E-state index in [0.717, 1.165) is 26.2 Å². The number of hydrogen-bond acceptors (Lipinski definition) is 3. The van der Waals surface area contributed by atoms with E-state index in [9.17, 15) is 0 Å². The van der Waals surface area contributed by atoms with Crippen molar-refractivity contribution in [2.24, 2.45) is 5.73 Å². The second-order valence-electron chi connectivity index (χ2n) is 2.17. The summed E-state index contributed by atoms with van der Waals surface area (Å²) >= 11 is 0. The van der Waals surface area contributed by atoms with Crippen LogP contribution < -0.4 is 5.73 Å². The van der Waals surface area contributed by atoms with Crippen LogP contribution in [-0.2, 0) is 9.47 Å². The normalized spacial score (nSPS) is 19.7. The molecule has 1 saturated heterocycles. The number of ether oxygens (including phenoxy) is 2. The van der Waals surface area contributed by atoms with Gasteiger partial charge in [-0.1, -0.05) is 0 Å². The van der Waals surface area contributed by atoms with Gasteiger partial charge >= 0.3 is 0 Å². The predicted octanol–water partition coefficient (Wildman–Crippen LogP) is -0.249. The van der Waals surface area contributed by atoms with Gasteiger partial charge in [-0.15, -0.1) is 0 Å². The Balaban J connectivity index is 1.80. The van der Waals surface area contributed by atoms with Gasteiger partial charge in [-0.3, -0.25) is 0 Å². The molecule has 0 bridgehead atoms. The van der Waals surface area contributed by atoms with Crippen molar-refractivity contribution < 1.29 is 9.47 Å². The molecule has 2 N–H and O–H groups in total. The molecule has 0 amide bonds. The van der Waals surface area contributed by atoms with E-state index in [1.165, 1.54) is 0 Å². The van der Waals surface area contributed by atoms with E-state index in [1.807, 2.05) is 0 Å². The fraction of sp³-hybridized carbons (Fsp3) is 1.00. The molecule has 0 unspecified atom stereocenters. The zero-order valence-corrected chi connectivity index (χ0v) is 5.51. The molecule has 1 heterocycles. The van der Waals surface area contributed by atoms with Crippen LogP contribution in [0.2, 0.25) is 0 Å². The summed E-state index contributed by atoms with van der Waals surface area (Å²) < 4.78 is 10.2. The summed E-state index contributed by atoms with van der Waals surface area (Å²) in [6.07, 6.45) is 1.31. The lowest BCUT2D eigenvalue weighted by molar-refractivity contribution is -0.129. The maximum Gasteiger partial charge on any atom is 0.104 e. The van der Waals surface area contributed by atoms with Crippen LogP contribution in [0.1, 0.15) is 6.42 Å². The molecule has 1 aliphatic heterocycles. The van der Waals surface area contributed by atoms with Crippen molar-refractivity contribution in [2.75, 3.05) is 26.4 Å². The van der Waals surface area contributed by atoms with Crippen molar-refractivity contribution in [1.29, 1.82) is 0 Å². The Bertz CT molecular complexity index is 73.5. The van der Waals surface area contributed by atoms with Crippen LogP contribution in [0, 0.1) is 0 Å². The SMILES string of the molecule is NCCCOC1COC1. The first-order chi connectivity index (χ1) is 4.43. The Morgan fingerprint density at radius 3 is 2.78 bits per heavy atom. The molecule has 3 heteroatoms. The van der Waals surface area contributed by atoms with Crippen molar-refractivity contribution in [3.8, 4) is 0 Å². The summed E-state index contributed by atoms with van der Waals surface area (Å²) in [5, 5.41) is 0. The van der Waals surface area contributed by atoms with Gasteiger partial charge in [0.05, 0.1) is 13.2 Å². The summed E-state index contributed by atoms with van der Waals surface area (Å²) in [5.41, 5.74) is 5.26. The molecule has 0 radical (unpaired) electrons. The highest BCUT2D eigenvalue weighted by Crippen LogP contribution is 2.04. The largest absolute Gasteiger partial charge is 0.376 e. The smallest absolute Gasteiger partial charge is 0.104 e. The lowest BCUT2D eigenvalue weighted by Crippen LogP contribution is -2.36. The van der Waals surface area contributed by atoms with Crippen LogP contribution in [0.5, 0.6) is 0 Å². The minimum atomic E-state index is 0.358. The van der Waals surface area contributed by atoms with Gasteiger partial charge in [0, 0.05) is 6.61 Å². The Labute approximate surface area is 55.1 Å². The van der Waals surface area contributed by atoms with Crippen LogP contribution in [0.4, 0.5) is 0 Å². The van der Waals surface area contributed by atoms with Crippen LogP contribution >= 0.6 is 0 Å². The van der Waals surface area contributed by atoms with Crippen molar-refractivity contribution in [3.05, 3.63) is 0 Å². The van der Waals surface area contributed by atoms with E-state index < -0.39 is 0 Å². The first-order valence-corrected chi connectivity index (χ1v) is 3.33. The summed E-state index contributed by atoms with van der Waals surface area (Å²) in [4.78, 5) is 0. The highest BCUT2D eigenvalue weighted by Gasteiger charge is 2.17. The van der Waals surface area contributed by atoms with Crippen molar-refractivity contribution in [1.82, 2.24) is 0 Å². The Hall–Kier alpha value is -0.120. The monoisotopic (exact) mass is 131 g/mol. The lowest BCUT2D eigenvalue weighted by atomic mass is 10.3. The molecule has 0 aromatic rings. The van der Waals surface area contributed by atoms with Gasteiger partial charge in [-0.2, -0.15) is 0 Å². The molecular formula is C6H13NO2. The van der Waals surface area contributed by atoms with E-state index in [4.69, 9.17) is 15.2 Å². The zero-order valence-electron chi connectivity index (χ0n) is 5.51. The van der Waals surface area contributed by atoms with Gasteiger partial charge in [-0.05, 0) is 13.0 Å². The highest BCUT2D eigenvalue weighted by atomic mass is 16.6. The number of nitrogens with two attached hydrogens (primary N) is 1. The van der Waals surface area contributed by atoms with Crippen LogP contribution in [0.3, 0.4) is 0 Å². The third kappa shape index (κ3) is 2.30. The second kappa shape index (κ2) is 3.82. The number of hydrogen-bond donors (Lipinski definition) is 1. The zero-order chi connectivity index (χ0) is 6.53. The minimum absolute atomic E-state index is 0.358. The molecule has 0 aromatic heterocycles. The van der Waals surface area contributed by atoms with E-state index in [0.29, 0.717) is 12.6 Å². The van der Waals surface area contributed by atoms with Crippen molar-refractivity contribution in [2.45, 2.75) is 12.5 Å². The third-order valence-electron chi connectivity index (χ3n) is 1.31. The van der Waals surface area contributed by atoms with E-state index in [1.54, 1.807) is 0 Å². The molecule has 0 aliphatic carbocycles. The molecule has 0 spiro atoms. The van der Waals surface area contributed by atoms with Gasteiger partial charge in [0.2, 0.25) is 0 Å². The molecule has 0 saturated carbocycles. The quantitative estimate of drug-likeness (QED) is 0.535. The first kappa shape index (κ1) is 6.99. The Morgan fingerprint density at radius 2 is 2.33 bits per heavy atom. The summed E-state index contributed by atoms with van der Waals surface area (Å²) in [5.74, 6) is 0. The molecular weight excluding hydrogens is 118 g/mol. The van der Waals surface area contributed by atoms with Crippen LogP contribution in [0.15, 0.2) is 0 Å². The predicted molar refractivity (Wildman–Crippen MR) is 34.2 cm³/mol. The maximum atomic E-state index is 5.31. The summed E-state index contributed by atoms with van der Waals surface area (Å²) in [6, 6.07) is 0. The van der Waals surface area contributed by atoms with Crippen molar-refractivity contribution in [3.63, 3.8) is 0 Å². The van der Waals surface area contributed by atoms with Gasteiger partial charge < -0.3 is 15.2 Å². The molecule has 1 rings (SSSR count). The summed E-state index contributed by atoms with van der Waals surface area (Å²) in [7, 11) is 0. The molecule has 0 aromatic carbocycles. The second-order valence-corrected chi connectivity index (χ2v) is 2.17. The molecule has 3 nitrogen and oxygen atoms in total. The van der Waals surface area contributed by atoms with E-state index in [-0.39, 0.29) is 0 Å². The van der Waals surface area contributed by atoms with Crippen LogP contribution in [-0.4, -0.2) is 32.5 Å². The third-order valence-corrected chi connectivity index (χ3v) is 1.31.